The van der Waals surface area contributed by atoms with Gasteiger partial charge in [0.15, 0.2) is 0 Å². The fraction of sp³-hybridized carbons (Fsp3) is 0.571. The lowest BCUT2D eigenvalue weighted by Gasteiger charge is -2.19. The maximum Gasteiger partial charge on any atom is 0.0529 e. The van der Waals surface area contributed by atoms with E-state index in [1.165, 1.54) is 5.56 Å². The minimum Gasteiger partial charge on any atom is -0.320 e. The third-order valence-electron chi connectivity index (χ3n) is 2.74. The van der Waals surface area contributed by atoms with Crippen LogP contribution in [0.1, 0.15) is 32.8 Å². The smallest absolute Gasteiger partial charge is 0.0529 e. The van der Waals surface area contributed by atoms with Gasteiger partial charge in [0.05, 0.1) is 10.8 Å². The number of nitrogens with one attached hydrogen (secondary N) is 1. The van der Waals surface area contributed by atoms with Gasteiger partial charge in [0.1, 0.15) is 0 Å². The monoisotopic (exact) mass is 253 g/mol. The van der Waals surface area contributed by atoms with Gasteiger partial charge in [-0.2, -0.15) is 0 Å². The summed E-state index contributed by atoms with van der Waals surface area (Å²) in [6.45, 7) is 7.48. The Labute approximate surface area is 107 Å². The van der Waals surface area contributed by atoms with Gasteiger partial charge >= 0.3 is 0 Å². The fourth-order valence-electron chi connectivity index (χ4n) is 1.60. The van der Waals surface area contributed by atoms with E-state index in [4.69, 9.17) is 0 Å². The Morgan fingerprint density at radius 1 is 1.18 bits per heavy atom. The molecule has 0 aliphatic rings. The Kier molecular flexibility index (Phi) is 5.34. The summed E-state index contributed by atoms with van der Waals surface area (Å²) >= 11 is 0. The third kappa shape index (κ3) is 4.60. The van der Waals surface area contributed by atoms with Crippen molar-refractivity contribution in [2.45, 2.75) is 37.5 Å². The van der Waals surface area contributed by atoms with Crippen LogP contribution in [0.25, 0.3) is 0 Å². The predicted molar refractivity (Wildman–Crippen MR) is 75.0 cm³/mol. The van der Waals surface area contributed by atoms with Crippen LogP contribution in [0.2, 0.25) is 0 Å². The van der Waals surface area contributed by atoms with Crippen LogP contribution in [0, 0.1) is 0 Å². The van der Waals surface area contributed by atoms with Crippen LogP contribution in [0.4, 0.5) is 0 Å². The number of benzene rings is 1. The molecule has 96 valence electrons. The summed E-state index contributed by atoms with van der Waals surface area (Å²) in [4.78, 5) is 0.939. The van der Waals surface area contributed by atoms with Crippen molar-refractivity contribution in [3.8, 4) is 0 Å². The first kappa shape index (κ1) is 14.4. The van der Waals surface area contributed by atoms with Gasteiger partial charge in [-0.1, -0.05) is 32.9 Å². The Morgan fingerprint density at radius 2 is 1.76 bits per heavy atom. The molecule has 0 saturated heterocycles. The Morgan fingerprint density at radius 3 is 2.24 bits per heavy atom. The first-order valence-electron chi connectivity index (χ1n) is 6.08. The largest absolute Gasteiger partial charge is 0.320 e. The summed E-state index contributed by atoms with van der Waals surface area (Å²) in [7, 11) is 1.06. The highest BCUT2D eigenvalue weighted by molar-refractivity contribution is 7.85. The zero-order valence-corrected chi connectivity index (χ0v) is 12.1. The Bertz CT molecular complexity index is 365. The highest BCUT2D eigenvalue weighted by atomic mass is 32.2. The van der Waals surface area contributed by atoms with Gasteiger partial charge in [0, 0.05) is 10.6 Å². The van der Waals surface area contributed by atoms with E-state index in [0.29, 0.717) is 0 Å². The molecule has 17 heavy (non-hydrogen) atoms. The van der Waals surface area contributed by atoms with E-state index >= 15 is 0 Å². The normalized spacial score (nSPS) is 13.6. The van der Waals surface area contributed by atoms with E-state index in [0.717, 1.165) is 23.6 Å². The van der Waals surface area contributed by atoms with Crippen molar-refractivity contribution >= 4 is 10.8 Å². The molecule has 1 rings (SSSR count). The SMILES string of the molecule is CNCCCS(=O)c1ccc(C(C)(C)C)cc1. The summed E-state index contributed by atoms with van der Waals surface area (Å²) in [6, 6.07) is 8.17. The molecule has 0 aliphatic carbocycles. The molecule has 1 aromatic rings. The van der Waals surface area contributed by atoms with E-state index < -0.39 is 10.8 Å². The molecular weight excluding hydrogens is 230 g/mol. The quantitative estimate of drug-likeness (QED) is 0.818. The van der Waals surface area contributed by atoms with Crippen molar-refractivity contribution in [3.05, 3.63) is 29.8 Å². The van der Waals surface area contributed by atoms with Crippen LogP contribution < -0.4 is 5.32 Å². The second kappa shape index (κ2) is 6.31. The van der Waals surface area contributed by atoms with E-state index in [1.54, 1.807) is 0 Å². The molecule has 1 atom stereocenters. The Hall–Kier alpha value is -0.670. The molecule has 3 heteroatoms. The standard InChI is InChI=1S/C14H23NOS/c1-14(2,3)12-6-8-13(9-7-12)17(16)11-5-10-15-4/h6-9,15H,5,10-11H2,1-4H3. The van der Waals surface area contributed by atoms with Crippen molar-refractivity contribution in [1.82, 2.24) is 5.32 Å². The van der Waals surface area contributed by atoms with Crippen molar-refractivity contribution in [1.29, 1.82) is 0 Å². The van der Waals surface area contributed by atoms with E-state index in [2.05, 4.69) is 38.2 Å². The maximum absolute atomic E-state index is 12.0. The zero-order chi connectivity index (χ0) is 12.9. The van der Waals surface area contributed by atoms with Crippen LogP contribution in [0.15, 0.2) is 29.2 Å². The number of rotatable bonds is 5. The highest BCUT2D eigenvalue weighted by Gasteiger charge is 2.13. The molecule has 2 nitrogen and oxygen atoms in total. The second-order valence-corrected chi connectivity index (χ2v) is 6.85. The summed E-state index contributed by atoms with van der Waals surface area (Å²) in [5.41, 5.74) is 1.44. The van der Waals surface area contributed by atoms with Gasteiger partial charge in [0.25, 0.3) is 0 Å². The first-order chi connectivity index (χ1) is 7.95. The zero-order valence-electron chi connectivity index (χ0n) is 11.2. The van der Waals surface area contributed by atoms with Crippen molar-refractivity contribution in [3.63, 3.8) is 0 Å². The van der Waals surface area contributed by atoms with E-state index in [-0.39, 0.29) is 5.41 Å². The topological polar surface area (TPSA) is 29.1 Å². The highest BCUT2D eigenvalue weighted by Crippen LogP contribution is 2.23. The first-order valence-corrected chi connectivity index (χ1v) is 7.40. The minimum absolute atomic E-state index is 0.159. The molecule has 0 fully saturated rings. The van der Waals surface area contributed by atoms with Crippen molar-refractivity contribution in [2.75, 3.05) is 19.3 Å². The van der Waals surface area contributed by atoms with Crippen molar-refractivity contribution < 1.29 is 4.21 Å². The summed E-state index contributed by atoms with van der Waals surface area (Å²) in [5.74, 6) is 0.732. The van der Waals surface area contributed by atoms with Crippen LogP contribution in [-0.4, -0.2) is 23.6 Å². The lowest BCUT2D eigenvalue weighted by molar-refractivity contribution is 0.589. The molecule has 0 aliphatic heterocycles. The van der Waals surface area contributed by atoms with E-state index in [1.807, 2.05) is 19.2 Å². The van der Waals surface area contributed by atoms with Gasteiger partial charge in [-0.25, -0.2) is 0 Å². The molecule has 0 saturated carbocycles. The van der Waals surface area contributed by atoms with Crippen molar-refractivity contribution in [2.24, 2.45) is 0 Å². The summed E-state index contributed by atoms with van der Waals surface area (Å²) in [5, 5.41) is 3.07. The number of hydrogen-bond donors (Lipinski definition) is 1. The van der Waals surface area contributed by atoms with Crippen LogP contribution in [0.5, 0.6) is 0 Å². The molecule has 0 aromatic heterocycles. The van der Waals surface area contributed by atoms with Gasteiger partial charge in [-0.15, -0.1) is 0 Å². The molecule has 0 bridgehead atoms. The maximum atomic E-state index is 12.0. The van der Waals surface area contributed by atoms with Gasteiger partial charge in [-0.3, -0.25) is 4.21 Å². The molecule has 0 heterocycles. The van der Waals surface area contributed by atoms with E-state index in [9.17, 15) is 4.21 Å². The fourth-order valence-corrected chi connectivity index (χ4v) is 2.69. The van der Waals surface area contributed by atoms with Gasteiger partial charge < -0.3 is 5.32 Å². The molecule has 1 N–H and O–H groups in total. The molecule has 0 spiro atoms. The van der Waals surface area contributed by atoms with Gasteiger partial charge in [0.2, 0.25) is 0 Å². The lowest BCUT2D eigenvalue weighted by atomic mass is 9.87. The summed E-state index contributed by atoms with van der Waals surface area (Å²) < 4.78 is 12.0. The number of hydrogen-bond acceptors (Lipinski definition) is 2. The average Bonchev–Trinajstić information content (AvgIpc) is 2.28. The third-order valence-corrected chi connectivity index (χ3v) is 4.20. The summed E-state index contributed by atoms with van der Waals surface area (Å²) in [6.07, 6.45) is 0.949. The van der Waals surface area contributed by atoms with Crippen LogP contribution in [0.3, 0.4) is 0 Å². The van der Waals surface area contributed by atoms with Gasteiger partial charge in [-0.05, 0) is 43.1 Å². The minimum atomic E-state index is -0.860. The molecule has 0 amide bonds. The van der Waals surface area contributed by atoms with Crippen LogP contribution in [-0.2, 0) is 16.2 Å². The molecule has 1 aromatic carbocycles. The molecule has 1 unspecified atom stereocenters. The predicted octanol–water partition coefficient (Wildman–Crippen LogP) is 2.70. The molecular formula is C14H23NOS. The Balaban J connectivity index is 2.64. The second-order valence-electron chi connectivity index (χ2n) is 5.28. The average molecular weight is 253 g/mol. The molecule has 0 radical (unpaired) electrons. The van der Waals surface area contributed by atoms with Crippen LogP contribution >= 0.6 is 0 Å². The lowest BCUT2D eigenvalue weighted by Crippen LogP contribution is -2.12.